The third-order valence-corrected chi connectivity index (χ3v) is 7.59. The summed E-state index contributed by atoms with van der Waals surface area (Å²) in [5.41, 5.74) is -0.417. The topological polar surface area (TPSA) is 53.6 Å². The van der Waals surface area contributed by atoms with E-state index >= 15 is 0 Å². The Labute approximate surface area is 183 Å². The van der Waals surface area contributed by atoms with Crippen molar-refractivity contribution in [2.75, 3.05) is 45.9 Å². The first kappa shape index (κ1) is 22.5. The monoisotopic (exact) mass is 435 g/mol. The minimum Gasteiger partial charge on any atom is -0.379 e. The van der Waals surface area contributed by atoms with Gasteiger partial charge in [-0.05, 0) is 37.8 Å². The van der Waals surface area contributed by atoms with E-state index in [1.165, 1.54) is 37.5 Å². The normalized spacial score (nSPS) is 23.0. The molecule has 2 saturated carbocycles. The number of nitrogens with zero attached hydrogens (tertiary/aromatic N) is 1. The molecule has 172 valence electrons. The van der Waals surface area contributed by atoms with Crippen LogP contribution in [0.2, 0.25) is 0 Å². The molecule has 0 radical (unpaired) electrons. The summed E-state index contributed by atoms with van der Waals surface area (Å²) in [5, 5.41) is 6.01. The molecule has 1 saturated heterocycles. The van der Waals surface area contributed by atoms with Gasteiger partial charge in [-0.15, -0.1) is 0 Å². The number of benzene rings is 1. The lowest BCUT2D eigenvalue weighted by atomic mass is 9.64. The Morgan fingerprint density at radius 1 is 0.935 bits per heavy atom. The number of halogens is 2. The Hall–Kier alpha value is -1.73. The van der Waals surface area contributed by atoms with Crippen molar-refractivity contribution in [2.45, 2.75) is 56.8 Å². The molecule has 0 bridgehead atoms. The van der Waals surface area contributed by atoms with Gasteiger partial charge in [0.25, 0.3) is 0 Å². The summed E-state index contributed by atoms with van der Waals surface area (Å²) in [6, 6.07) is 3.75. The molecule has 1 heterocycles. The SMILES string of the molecule is O=C(NCC1(CN2CCOCC2)CCCCC1)NCC1(c2c(F)cccc2F)CCC1. The van der Waals surface area contributed by atoms with E-state index in [-0.39, 0.29) is 23.6 Å². The maximum Gasteiger partial charge on any atom is 0.314 e. The first-order valence-electron chi connectivity index (χ1n) is 11.8. The molecule has 3 fully saturated rings. The van der Waals surface area contributed by atoms with Gasteiger partial charge >= 0.3 is 6.03 Å². The van der Waals surface area contributed by atoms with Crippen molar-refractivity contribution in [3.63, 3.8) is 0 Å². The number of urea groups is 1. The van der Waals surface area contributed by atoms with E-state index in [1.54, 1.807) is 0 Å². The number of morpholine rings is 1. The Morgan fingerprint density at radius 3 is 2.19 bits per heavy atom. The zero-order valence-corrected chi connectivity index (χ0v) is 18.4. The van der Waals surface area contributed by atoms with Crippen LogP contribution in [0.25, 0.3) is 0 Å². The number of nitrogens with one attached hydrogen (secondary N) is 2. The predicted octanol–water partition coefficient (Wildman–Crippen LogP) is 3.97. The van der Waals surface area contributed by atoms with Crippen LogP contribution in [0.3, 0.4) is 0 Å². The van der Waals surface area contributed by atoms with Gasteiger partial charge in [-0.3, -0.25) is 4.90 Å². The lowest BCUT2D eigenvalue weighted by Crippen LogP contribution is -2.53. The van der Waals surface area contributed by atoms with Crippen molar-refractivity contribution in [3.8, 4) is 0 Å². The fourth-order valence-corrected chi connectivity index (χ4v) is 5.63. The smallest absolute Gasteiger partial charge is 0.314 e. The molecule has 1 aromatic carbocycles. The van der Waals surface area contributed by atoms with Crippen LogP contribution >= 0.6 is 0 Å². The highest BCUT2D eigenvalue weighted by Crippen LogP contribution is 2.45. The van der Waals surface area contributed by atoms with E-state index in [2.05, 4.69) is 15.5 Å². The number of amides is 2. The van der Waals surface area contributed by atoms with Crippen LogP contribution in [-0.4, -0.2) is 56.9 Å². The molecule has 3 aliphatic rings. The molecule has 31 heavy (non-hydrogen) atoms. The second-order valence-corrected chi connectivity index (χ2v) is 9.72. The summed E-state index contributed by atoms with van der Waals surface area (Å²) in [4.78, 5) is 15.1. The van der Waals surface area contributed by atoms with Gasteiger partial charge in [0.2, 0.25) is 0 Å². The van der Waals surface area contributed by atoms with Gasteiger partial charge in [0.1, 0.15) is 11.6 Å². The van der Waals surface area contributed by atoms with E-state index in [9.17, 15) is 13.6 Å². The molecule has 2 N–H and O–H groups in total. The fourth-order valence-electron chi connectivity index (χ4n) is 5.63. The van der Waals surface area contributed by atoms with E-state index in [1.807, 2.05) is 0 Å². The van der Waals surface area contributed by atoms with Crippen LogP contribution in [0.1, 0.15) is 56.9 Å². The molecule has 7 heteroatoms. The standard InChI is InChI=1S/C24H35F2N3O2/c25-19-6-4-7-20(26)21(19)24(10-5-11-24)17-28-22(30)27-16-23(8-2-1-3-9-23)18-29-12-14-31-15-13-29/h4,6-7H,1-3,5,8-18H2,(H2,27,28,30). The highest BCUT2D eigenvalue weighted by Gasteiger charge is 2.43. The quantitative estimate of drug-likeness (QED) is 0.682. The van der Waals surface area contributed by atoms with Gasteiger partial charge in [-0.2, -0.15) is 0 Å². The van der Waals surface area contributed by atoms with Crippen molar-refractivity contribution in [2.24, 2.45) is 5.41 Å². The van der Waals surface area contributed by atoms with Crippen molar-refractivity contribution >= 4 is 6.03 Å². The molecule has 1 aromatic rings. The highest BCUT2D eigenvalue weighted by molar-refractivity contribution is 5.74. The summed E-state index contributed by atoms with van der Waals surface area (Å²) in [7, 11) is 0. The zero-order valence-electron chi connectivity index (χ0n) is 18.4. The van der Waals surface area contributed by atoms with Crippen LogP contribution in [0.4, 0.5) is 13.6 Å². The largest absolute Gasteiger partial charge is 0.379 e. The number of hydrogen-bond acceptors (Lipinski definition) is 3. The summed E-state index contributed by atoms with van der Waals surface area (Å²) >= 11 is 0. The summed E-state index contributed by atoms with van der Waals surface area (Å²) < 4.78 is 34.2. The summed E-state index contributed by atoms with van der Waals surface area (Å²) in [5.74, 6) is -1.04. The Balaban J connectivity index is 1.34. The molecule has 0 unspecified atom stereocenters. The van der Waals surface area contributed by atoms with Gasteiger partial charge in [0, 0.05) is 49.1 Å². The minimum absolute atomic E-state index is 0.0960. The van der Waals surface area contributed by atoms with Crippen LogP contribution in [-0.2, 0) is 10.2 Å². The average Bonchev–Trinajstić information content (AvgIpc) is 2.74. The Morgan fingerprint density at radius 2 is 1.58 bits per heavy atom. The van der Waals surface area contributed by atoms with Crippen molar-refractivity contribution in [1.82, 2.24) is 15.5 Å². The van der Waals surface area contributed by atoms with Crippen LogP contribution < -0.4 is 10.6 Å². The number of carbonyl (C=O) groups is 1. The molecular formula is C24H35F2N3O2. The van der Waals surface area contributed by atoms with Crippen LogP contribution in [0.5, 0.6) is 0 Å². The third kappa shape index (κ3) is 5.20. The lowest BCUT2D eigenvalue weighted by Gasteiger charge is -2.43. The maximum atomic E-state index is 14.4. The van der Waals surface area contributed by atoms with E-state index in [0.717, 1.165) is 52.1 Å². The van der Waals surface area contributed by atoms with Crippen molar-refractivity contribution in [1.29, 1.82) is 0 Å². The van der Waals surface area contributed by atoms with Gasteiger partial charge in [0.15, 0.2) is 0 Å². The number of hydrogen-bond donors (Lipinski definition) is 2. The van der Waals surface area contributed by atoms with Crippen molar-refractivity contribution < 1.29 is 18.3 Å². The van der Waals surface area contributed by atoms with E-state index in [4.69, 9.17) is 4.74 Å². The van der Waals surface area contributed by atoms with Crippen LogP contribution in [0.15, 0.2) is 18.2 Å². The molecular weight excluding hydrogens is 400 g/mol. The molecule has 2 aliphatic carbocycles. The number of carbonyl (C=O) groups excluding carboxylic acids is 1. The fraction of sp³-hybridized carbons (Fsp3) is 0.708. The molecule has 0 atom stereocenters. The number of ether oxygens (including phenoxy) is 1. The van der Waals surface area contributed by atoms with Gasteiger partial charge in [-0.25, -0.2) is 13.6 Å². The first-order chi connectivity index (χ1) is 15.0. The Kier molecular flexibility index (Phi) is 7.12. The second kappa shape index (κ2) is 9.82. The highest BCUT2D eigenvalue weighted by atomic mass is 19.1. The van der Waals surface area contributed by atoms with Gasteiger partial charge in [0.05, 0.1) is 13.2 Å². The van der Waals surface area contributed by atoms with Crippen LogP contribution in [0, 0.1) is 17.0 Å². The lowest BCUT2D eigenvalue weighted by molar-refractivity contribution is 0.00781. The Bertz CT molecular complexity index is 737. The molecule has 0 spiro atoms. The predicted molar refractivity (Wildman–Crippen MR) is 116 cm³/mol. The number of rotatable bonds is 7. The molecule has 2 amide bonds. The second-order valence-electron chi connectivity index (χ2n) is 9.72. The maximum absolute atomic E-state index is 14.4. The van der Waals surface area contributed by atoms with Gasteiger partial charge in [-0.1, -0.05) is 31.7 Å². The van der Waals surface area contributed by atoms with Gasteiger partial charge < -0.3 is 15.4 Å². The first-order valence-corrected chi connectivity index (χ1v) is 11.8. The molecule has 0 aromatic heterocycles. The minimum atomic E-state index is -0.636. The summed E-state index contributed by atoms with van der Waals surface area (Å²) in [6.45, 7) is 5.33. The average molecular weight is 436 g/mol. The molecule has 4 rings (SSSR count). The summed E-state index contributed by atoms with van der Waals surface area (Å²) in [6.07, 6.45) is 8.18. The van der Waals surface area contributed by atoms with E-state index < -0.39 is 17.0 Å². The zero-order chi connectivity index (χ0) is 21.7. The van der Waals surface area contributed by atoms with Crippen molar-refractivity contribution in [3.05, 3.63) is 35.4 Å². The molecule has 5 nitrogen and oxygen atoms in total. The molecule has 1 aliphatic heterocycles. The van der Waals surface area contributed by atoms with E-state index in [0.29, 0.717) is 19.4 Å². The third-order valence-electron chi connectivity index (χ3n) is 7.59.